The van der Waals surface area contributed by atoms with Gasteiger partial charge < -0.3 is 10.3 Å². The molecular formula is C22H23N5O. The van der Waals surface area contributed by atoms with Crippen molar-refractivity contribution in [2.24, 2.45) is 0 Å². The van der Waals surface area contributed by atoms with E-state index in [1.165, 1.54) is 0 Å². The Balaban J connectivity index is 1.26. The number of nitrogens with zero attached hydrogens (tertiary/aromatic N) is 3. The third-order valence-corrected chi connectivity index (χ3v) is 4.74. The summed E-state index contributed by atoms with van der Waals surface area (Å²) >= 11 is 0. The number of para-hydroxylation sites is 2. The summed E-state index contributed by atoms with van der Waals surface area (Å²) in [5.41, 5.74) is 4.28. The van der Waals surface area contributed by atoms with E-state index in [2.05, 4.69) is 26.4 Å². The number of aryl methyl sites for hydroxylation is 1. The molecule has 2 heterocycles. The highest BCUT2D eigenvalue weighted by atomic mass is 16.1. The first-order valence-electron chi connectivity index (χ1n) is 9.52. The SMILES string of the molecule is O=C(CCCc1nc2ccccc2[nH]1)NCc1ccccc1Cn1cccn1. The van der Waals surface area contributed by atoms with Crippen LogP contribution in [0.25, 0.3) is 11.0 Å². The van der Waals surface area contributed by atoms with Gasteiger partial charge >= 0.3 is 0 Å². The smallest absolute Gasteiger partial charge is 0.220 e. The highest BCUT2D eigenvalue weighted by Crippen LogP contribution is 2.13. The lowest BCUT2D eigenvalue weighted by molar-refractivity contribution is -0.121. The number of rotatable bonds is 8. The Morgan fingerprint density at radius 1 is 1.04 bits per heavy atom. The van der Waals surface area contributed by atoms with Crippen LogP contribution in [0.5, 0.6) is 0 Å². The average Bonchev–Trinajstić information content (AvgIpc) is 3.36. The quantitative estimate of drug-likeness (QED) is 0.497. The first-order valence-corrected chi connectivity index (χ1v) is 9.52. The van der Waals surface area contributed by atoms with Gasteiger partial charge in [-0.1, -0.05) is 36.4 Å². The summed E-state index contributed by atoms with van der Waals surface area (Å²) < 4.78 is 1.88. The minimum absolute atomic E-state index is 0.0602. The lowest BCUT2D eigenvalue weighted by atomic mass is 10.1. The maximum Gasteiger partial charge on any atom is 0.220 e. The van der Waals surface area contributed by atoms with Crippen LogP contribution in [0.2, 0.25) is 0 Å². The Labute approximate surface area is 163 Å². The molecule has 6 heteroatoms. The lowest BCUT2D eigenvalue weighted by Gasteiger charge is -2.11. The summed E-state index contributed by atoms with van der Waals surface area (Å²) in [5.74, 6) is 0.989. The van der Waals surface area contributed by atoms with Crippen molar-refractivity contribution in [1.29, 1.82) is 0 Å². The van der Waals surface area contributed by atoms with Crippen LogP contribution in [-0.4, -0.2) is 25.7 Å². The zero-order valence-electron chi connectivity index (χ0n) is 15.6. The fourth-order valence-corrected chi connectivity index (χ4v) is 3.28. The number of imidazole rings is 1. The lowest BCUT2D eigenvalue weighted by Crippen LogP contribution is -2.23. The van der Waals surface area contributed by atoms with Crippen LogP contribution in [-0.2, 0) is 24.3 Å². The number of H-pyrrole nitrogens is 1. The number of hydrogen-bond donors (Lipinski definition) is 2. The molecule has 0 saturated carbocycles. The number of carbonyl (C=O) groups excluding carboxylic acids is 1. The van der Waals surface area contributed by atoms with Crippen molar-refractivity contribution in [3.63, 3.8) is 0 Å². The van der Waals surface area contributed by atoms with Crippen molar-refractivity contribution in [3.05, 3.63) is 83.9 Å². The van der Waals surface area contributed by atoms with Gasteiger partial charge in [-0.15, -0.1) is 0 Å². The zero-order chi connectivity index (χ0) is 19.2. The number of aromatic nitrogens is 4. The van der Waals surface area contributed by atoms with E-state index in [-0.39, 0.29) is 5.91 Å². The van der Waals surface area contributed by atoms with Gasteiger partial charge in [-0.05, 0) is 35.7 Å². The topological polar surface area (TPSA) is 75.6 Å². The molecule has 2 N–H and O–H groups in total. The number of hydrogen-bond acceptors (Lipinski definition) is 3. The van der Waals surface area contributed by atoms with Gasteiger partial charge in [0.1, 0.15) is 5.82 Å². The minimum atomic E-state index is 0.0602. The number of amides is 1. The van der Waals surface area contributed by atoms with Gasteiger partial charge in [0.25, 0.3) is 0 Å². The van der Waals surface area contributed by atoms with Crippen LogP contribution in [0.4, 0.5) is 0 Å². The first-order chi connectivity index (χ1) is 13.8. The minimum Gasteiger partial charge on any atom is -0.352 e. The molecule has 0 aliphatic carbocycles. The van der Waals surface area contributed by atoms with E-state index in [9.17, 15) is 4.79 Å². The second kappa shape index (κ2) is 8.52. The Morgan fingerprint density at radius 2 is 1.86 bits per heavy atom. The Hall–Kier alpha value is -3.41. The fraction of sp³-hybridized carbons (Fsp3) is 0.227. The molecule has 6 nitrogen and oxygen atoms in total. The van der Waals surface area contributed by atoms with Crippen LogP contribution >= 0.6 is 0 Å². The maximum atomic E-state index is 12.2. The molecule has 2 aromatic carbocycles. The third-order valence-electron chi connectivity index (χ3n) is 4.74. The van der Waals surface area contributed by atoms with Gasteiger partial charge in [-0.25, -0.2) is 4.98 Å². The standard InChI is InChI=1S/C22H23N5O/c28-22(12-5-11-21-25-19-9-3-4-10-20(19)26-21)23-15-17-7-1-2-8-18(17)16-27-14-6-13-24-27/h1-4,6-10,13-14H,5,11-12,15-16H2,(H,23,28)(H,25,26). The average molecular weight is 373 g/mol. The van der Waals surface area contributed by atoms with Crippen molar-refractivity contribution in [2.45, 2.75) is 32.4 Å². The van der Waals surface area contributed by atoms with E-state index in [4.69, 9.17) is 0 Å². The molecule has 0 atom stereocenters. The second-order valence-corrected chi connectivity index (χ2v) is 6.80. The predicted molar refractivity (Wildman–Crippen MR) is 109 cm³/mol. The van der Waals surface area contributed by atoms with Crippen LogP contribution < -0.4 is 5.32 Å². The van der Waals surface area contributed by atoms with Crippen LogP contribution in [0.3, 0.4) is 0 Å². The van der Waals surface area contributed by atoms with E-state index in [1.807, 2.05) is 59.4 Å². The van der Waals surface area contributed by atoms with Gasteiger partial charge in [0.05, 0.1) is 17.6 Å². The number of benzene rings is 2. The molecule has 0 radical (unpaired) electrons. The molecule has 0 aliphatic rings. The van der Waals surface area contributed by atoms with E-state index >= 15 is 0 Å². The summed E-state index contributed by atoms with van der Waals surface area (Å²) in [7, 11) is 0. The molecule has 0 fully saturated rings. The van der Waals surface area contributed by atoms with E-state index in [0.717, 1.165) is 40.8 Å². The summed E-state index contributed by atoms with van der Waals surface area (Å²) in [6.45, 7) is 1.23. The van der Waals surface area contributed by atoms with Crippen LogP contribution in [0.1, 0.15) is 29.8 Å². The molecule has 0 saturated heterocycles. The van der Waals surface area contributed by atoms with E-state index in [0.29, 0.717) is 19.5 Å². The van der Waals surface area contributed by atoms with Gasteiger partial charge in [-0.2, -0.15) is 5.10 Å². The molecule has 1 amide bonds. The Kier molecular flexibility index (Phi) is 5.47. The largest absolute Gasteiger partial charge is 0.352 e. The number of nitrogens with one attached hydrogen (secondary N) is 2. The summed E-state index contributed by atoms with van der Waals surface area (Å²) in [5, 5.41) is 7.29. The highest BCUT2D eigenvalue weighted by Gasteiger charge is 2.07. The highest BCUT2D eigenvalue weighted by molar-refractivity contribution is 5.76. The fourth-order valence-electron chi connectivity index (χ4n) is 3.28. The van der Waals surface area contributed by atoms with Gasteiger partial charge in [-0.3, -0.25) is 9.48 Å². The van der Waals surface area contributed by atoms with Gasteiger partial charge in [0.2, 0.25) is 5.91 Å². The summed E-state index contributed by atoms with van der Waals surface area (Å²) in [6.07, 6.45) is 5.72. The zero-order valence-corrected chi connectivity index (χ0v) is 15.6. The van der Waals surface area contributed by atoms with Crippen molar-refractivity contribution in [2.75, 3.05) is 0 Å². The third kappa shape index (κ3) is 4.46. The van der Waals surface area contributed by atoms with Crippen molar-refractivity contribution < 1.29 is 4.79 Å². The van der Waals surface area contributed by atoms with Crippen molar-refractivity contribution >= 4 is 16.9 Å². The molecule has 0 spiro atoms. The molecular weight excluding hydrogens is 350 g/mol. The number of carbonyl (C=O) groups is 1. The van der Waals surface area contributed by atoms with Crippen LogP contribution in [0.15, 0.2) is 67.0 Å². The van der Waals surface area contributed by atoms with Gasteiger partial charge in [0, 0.05) is 31.8 Å². The van der Waals surface area contributed by atoms with Crippen molar-refractivity contribution in [3.8, 4) is 0 Å². The summed E-state index contributed by atoms with van der Waals surface area (Å²) in [4.78, 5) is 20.1. The first kappa shape index (κ1) is 18.0. The Bertz CT molecular complexity index is 1020. The second-order valence-electron chi connectivity index (χ2n) is 6.80. The number of fused-ring (bicyclic) bond motifs is 1. The molecule has 28 heavy (non-hydrogen) atoms. The normalized spacial score (nSPS) is 11.0. The van der Waals surface area contributed by atoms with E-state index in [1.54, 1.807) is 6.20 Å². The predicted octanol–water partition coefficient (Wildman–Crippen LogP) is 3.45. The Morgan fingerprint density at radius 3 is 2.68 bits per heavy atom. The van der Waals surface area contributed by atoms with Crippen LogP contribution in [0, 0.1) is 0 Å². The molecule has 4 rings (SSSR count). The van der Waals surface area contributed by atoms with E-state index < -0.39 is 0 Å². The summed E-state index contributed by atoms with van der Waals surface area (Å²) in [6, 6.07) is 18.0. The molecule has 0 unspecified atom stereocenters. The maximum absolute atomic E-state index is 12.2. The van der Waals surface area contributed by atoms with Crippen molar-refractivity contribution in [1.82, 2.24) is 25.1 Å². The molecule has 0 aliphatic heterocycles. The molecule has 4 aromatic rings. The molecule has 2 aromatic heterocycles. The molecule has 0 bridgehead atoms. The monoisotopic (exact) mass is 373 g/mol. The molecule has 142 valence electrons. The number of aromatic amines is 1. The van der Waals surface area contributed by atoms with Gasteiger partial charge in [0.15, 0.2) is 0 Å².